The summed E-state index contributed by atoms with van der Waals surface area (Å²) in [5.41, 5.74) is 5.93. The highest BCUT2D eigenvalue weighted by atomic mass is 32.2. The van der Waals surface area contributed by atoms with Crippen molar-refractivity contribution in [1.29, 1.82) is 0 Å². The van der Waals surface area contributed by atoms with Crippen LogP contribution in [0.25, 0.3) is 0 Å². The minimum absolute atomic E-state index is 0.139. The molecule has 2 heterocycles. The fraction of sp³-hybridized carbons (Fsp3) is 0.417. The summed E-state index contributed by atoms with van der Waals surface area (Å²) < 4.78 is 10.5. The van der Waals surface area contributed by atoms with Gasteiger partial charge in [0.1, 0.15) is 11.4 Å². The van der Waals surface area contributed by atoms with E-state index in [1.807, 2.05) is 12.1 Å². The molecule has 0 spiro atoms. The van der Waals surface area contributed by atoms with Crippen LogP contribution >= 0.6 is 23.5 Å². The van der Waals surface area contributed by atoms with Gasteiger partial charge in [-0.1, -0.05) is 81.4 Å². The molecule has 0 saturated carbocycles. The first-order chi connectivity index (χ1) is 16.2. The Morgan fingerprint density at radius 1 is 1.18 bits per heavy atom. The molecule has 2 saturated heterocycles. The van der Waals surface area contributed by atoms with Crippen molar-refractivity contribution in [2.75, 3.05) is 18.9 Å². The van der Waals surface area contributed by atoms with Crippen molar-refractivity contribution in [3.8, 4) is 0 Å². The molecule has 2 aromatic rings. The van der Waals surface area contributed by atoms with E-state index in [9.17, 15) is 9.59 Å². The summed E-state index contributed by atoms with van der Waals surface area (Å²) in [6, 6.07) is 20.2. The zero-order chi connectivity index (χ0) is 24.6. The summed E-state index contributed by atoms with van der Waals surface area (Å²) in [6.07, 6.45) is 0. The molecule has 2 aliphatic heterocycles. The fourth-order valence-electron chi connectivity index (χ4n) is 4.82. The van der Waals surface area contributed by atoms with Gasteiger partial charge in [-0.2, -0.15) is 0 Å². The van der Waals surface area contributed by atoms with Crippen LogP contribution in [0.3, 0.4) is 0 Å². The molecule has 2 aromatic carbocycles. The van der Waals surface area contributed by atoms with Gasteiger partial charge in [0.25, 0.3) is 8.32 Å². The van der Waals surface area contributed by atoms with Crippen LogP contribution in [0.4, 0.5) is 0 Å². The second-order valence-electron chi connectivity index (χ2n) is 9.52. The van der Waals surface area contributed by atoms with Gasteiger partial charge >= 0.3 is 14.0 Å². The maximum atomic E-state index is 12.7. The molecule has 0 aliphatic carbocycles. The van der Waals surface area contributed by atoms with Gasteiger partial charge in [0, 0.05) is 12.4 Å². The summed E-state index contributed by atoms with van der Waals surface area (Å²) in [7, 11) is 2.60. The molecule has 1 amide bonds. The molecule has 4 rings (SSSR count). The molecule has 178 valence electrons. The van der Waals surface area contributed by atoms with Gasteiger partial charge in [-0.3, -0.25) is 9.59 Å². The van der Waals surface area contributed by atoms with Gasteiger partial charge in [-0.05, 0) is 15.4 Å². The van der Waals surface area contributed by atoms with Crippen molar-refractivity contribution in [2.24, 2.45) is 5.73 Å². The van der Waals surface area contributed by atoms with Crippen LogP contribution in [-0.4, -0.2) is 67.5 Å². The Bertz CT molecular complexity index is 1000. The Hall–Kier alpha value is -1.72. The van der Waals surface area contributed by atoms with E-state index >= 15 is 0 Å². The fourth-order valence-corrected chi connectivity index (χ4v) is 12.6. The zero-order valence-corrected chi connectivity index (χ0v) is 22.2. The second kappa shape index (κ2) is 9.74. The van der Waals surface area contributed by atoms with Gasteiger partial charge in [0.05, 0.1) is 6.54 Å². The van der Waals surface area contributed by atoms with Crippen molar-refractivity contribution in [3.63, 3.8) is 0 Å². The minimum atomic E-state index is -2.67. The highest BCUT2D eigenvalue weighted by Gasteiger charge is 2.61. The van der Waals surface area contributed by atoms with Gasteiger partial charge in [0.15, 0.2) is 4.08 Å². The molecule has 2 radical (unpaired) electrons. The van der Waals surface area contributed by atoms with Gasteiger partial charge in [0.2, 0.25) is 5.91 Å². The highest BCUT2D eigenvalue weighted by Crippen LogP contribution is 2.52. The number of thioether (sulfide) groups is 2. The van der Waals surface area contributed by atoms with Crippen LogP contribution in [0.15, 0.2) is 60.7 Å². The number of benzene rings is 2. The van der Waals surface area contributed by atoms with Crippen molar-refractivity contribution < 1.29 is 18.7 Å². The molecule has 0 unspecified atom stereocenters. The number of carbonyl (C=O) groups excluding carboxylic acids is 2. The molecule has 2 aliphatic rings. The van der Waals surface area contributed by atoms with Crippen LogP contribution in [0.1, 0.15) is 20.8 Å². The second-order valence-corrected chi connectivity index (χ2v) is 16.9. The van der Waals surface area contributed by atoms with E-state index < -0.39 is 24.4 Å². The predicted molar refractivity (Wildman–Crippen MR) is 142 cm³/mol. The van der Waals surface area contributed by atoms with Crippen molar-refractivity contribution in [1.82, 2.24) is 4.90 Å². The van der Waals surface area contributed by atoms with E-state index in [4.69, 9.17) is 18.2 Å². The smallest absolute Gasteiger partial charge is 0.378 e. The number of β-lactam (4-membered cyclic amide) rings is 1. The number of amides is 1. The van der Waals surface area contributed by atoms with Gasteiger partial charge in [-0.25, -0.2) is 0 Å². The molecular weight excluding hydrogens is 483 g/mol. The Balaban J connectivity index is 1.57. The Labute approximate surface area is 211 Å². The lowest BCUT2D eigenvalue weighted by molar-refractivity contribution is -0.144. The van der Waals surface area contributed by atoms with Crippen molar-refractivity contribution in [3.05, 3.63) is 60.7 Å². The Morgan fingerprint density at radius 3 is 2.21 bits per heavy atom. The lowest BCUT2D eigenvalue weighted by Gasteiger charge is -2.43. The van der Waals surface area contributed by atoms with Crippen LogP contribution < -0.4 is 16.1 Å². The van der Waals surface area contributed by atoms with E-state index in [2.05, 4.69) is 74.0 Å². The van der Waals surface area contributed by atoms with Crippen LogP contribution in [-0.2, 0) is 18.7 Å². The molecule has 0 bridgehead atoms. The maximum absolute atomic E-state index is 12.7. The highest BCUT2D eigenvalue weighted by molar-refractivity contribution is 8.20. The number of nitrogens with zero attached hydrogens (tertiary/aromatic N) is 1. The largest absolute Gasteiger partial charge is 0.542 e. The molecule has 6 nitrogen and oxygen atoms in total. The van der Waals surface area contributed by atoms with Crippen molar-refractivity contribution >= 4 is 62.1 Å². The average molecular weight is 513 g/mol. The van der Waals surface area contributed by atoms with Crippen LogP contribution in [0.2, 0.25) is 5.04 Å². The third-order valence-corrected chi connectivity index (χ3v) is 14.7. The molecule has 2 fully saturated rings. The standard InChI is InChI=1S/C24H29BN2O4S2Si/c1-23(2,3)34(17-10-6-4-7-11-17,18-12-8-5-9-13-18)30-14-15-32-24(22(29)31-25)16-27-20(28)19(26)21(27)33-24/h4-13,19,21H,14-16,26H2,1-3H3/t19-,21-,24-/m1/s1. The van der Waals surface area contributed by atoms with Gasteiger partial charge < -0.3 is 19.7 Å². The number of hydrogen-bond acceptors (Lipinski definition) is 7. The first-order valence-electron chi connectivity index (χ1n) is 11.2. The maximum Gasteiger partial charge on any atom is 0.378 e. The number of nitrogens with two attached hydrogens (primary N) is 1. The van der Waals surface area contributed by atoms with E-state index in [1.165, 1.54) is 33.9 Å². The number of fused-ring (bicyclic) bond motifs is 1. The summed E-state index contributed by atoms with van der Waals surface area (Å²) >= 11 is 2.77. The predicted octanol–water partition coefficient (Wildman–Crippen LogP) is 1.86. The van der Waals surface area contributed by atoms with E-state index in [0.717, 1.165) is 0 Å². The number of carbonyl (C=O) groups is 2. The van der Waals surface area contributed by atoms with E-state index in [0.29, 0.717) is 12.4 Å². The average Bonchev–Trinajstić information content (AvgIpc) is 3.21. The Kier molecular flexibility index (Phi) is 7.27. The zero-order valence-electron chi connectivity index (χ0n) is 19.6. The summed E-state index contributed by atoms with van der Waals surface area (Å²) in [5, 5.41) is 2.04. The number of hydrogen-bond donors (Lipinski definition) is 1. The monoisotopic (exact) mass is 512 g/mol. The minimum Gasteiger partial charge on any atom is -0.542 e. The summed E-state index contributed by atoms with van der Waals surface area (Å²) in [6.45, 7) is 7.34. The topological polar surface area (TPSA) is 81.9 Å². The normalized spacial score (nSPS) is 24.5. The summed E-state index contributed by atoms with van der Waals surface area (Å²) in [5.74, 6) is -0.160. The quantitative estimate of drug-likeness (QED) is 0.329. The molecule has 3 atom stereocenters. The third kappa shape index (κ3) is 4.24. The Morgan fingerprint density at radius 2 is 1.74 bits per heavy atom. The lowest BCUT2D eigenvalue weighted by atomic mass is 10.1. The van der Waals surface area contributed by atoms with E-state index in [1.54, 1.807) is 4.90 Å². The van der Waals surface area contributed by atoms with Crippen LogP contribution in [0.5, 0.6) is 0 Å². The summed E-state index contributed by atoms with van der Waals surface area (Å²) in [4.78, 5) is 26.4. The molecule has 34 heavy (non-hydrogen) atoms. The molecular formula is C24H29BN2O4S2Si. The molecule has 0 aromatic heterocycles. The first kappa shape index (κ1) is 25.4. The molecule has 2 N–H and O–H groups in total. The SMILES string of the molecule is [B]OC(=O)[C@@]1(SCCO[Si](c2ccccc2)(c2ccccc2)C(C)(C)C)CN2C(=O)[C@@H](N)[C@H]2S1. The first-order valence-corrected chi connectivity index (χ1v) is 15.0. The van der Waals surface area contributed by atoms with Crippen molar-refractivity contribution in [2.45, 2.75) is 41.3 Å². The lowest BCUT2D eigenvalue weighted by Crippen LogP contribution is -2.66. The van der Waals surface area contributed by atoms with Gasteiger partial charge in [-0.15, -0.1) is 23.5 Å². The third-order valence-electron chi connectivity index (χ3n) is 6.44. The van der Waals surface area contributed by atoms with E-state index in [-0.39, 0.29) is 22.9 Å². The molecule has 10 heteroatoms. The number of rotatable bonds is 8. The van der Waals surface area contributed by atoms with Crippen LogP contribution in [0, 0.1) is 0 Å².